The van der Waals surface area contributed by atoms with E-state index in [2.05, 4.69) is 58.2 Å². The fourth-order valence-electron chi connectivity index (χ4n) is 7.65. The van der Waals surface area contributed by atoms with Crippen LogP contribution in [0.15, 0.2) is 30.3 Å². The van der Waals surface area contributed by atoms with Crippen molar-refractivity contribution in [1.82, 2.24) is 0 Å². The Balaban J connectivity index is 2.23. The minimum Gasteiger partial charge on any atom is -0.320 e. The zero-order chi connectivity index (χ0) is 31.8. The Morgan fingerprint density at radius 2 is 0.659 bits per heavy atom. The summed E-state index contributed by atoms with van der Waals surface area (Å²) in [7, 11) is 2.59. The van der Waals surface area contributed by atoms with Crippen LogP contribution in [-0.4, -0.2) is 24.6 Å². The predicted octanol–water partition coefficient (Wildman–Crippen LogP) is 14.9. The zero-order valence-electron chi connectivity index (χ0n) is 31.0. The van der Waals surface area contributed by atoms with E-state index < -0.39 is 0 Å². The van der Waals surface area contributed by atoms with Crippen LogP contribution in [0.4, 0.5) is 0 Å². The van der Waals surface area contributed by atoms with Crippen LogP contribution < -0.4 is 0 Å². The van der Waals surface area contributed by atoms with Gasteiger partial charge in [0, 0.05) is 12.0 Å². The molecule has 0 aliphatic heterocycles. The summed E-state index contributed by atoms with van der Waals surface area (Å²) in [5.41, 5.74) is 1.56. The van der Waals surface area contributed by atoms with E-state index in [0.29, 0.717) is 6.04 Å². The Labute approximate surface area is 279 Å². The Kier molecular flexibility index (Phi) is 28.9. The average molecular weight is 613 g/mol. The van der Waals surface area contributed by atoms with Gasteiger partial charge < -0.3 is 4.48 Å². The summed E-state index contributed by atoms with van der Waals surface area (Å²) in [6.45, 7) is 9.75. The molecule has 0 aliphatic carbocycles. The summed E-state index contributed by atoms with van der Waals surface area (Å²) < 4.78 is 1.25. The summed E-state index contributed by atoms with van der Waals surface area (Å²) in [6, 6.07) is 12.1. The molecule has 0 fully saturated rings. The van der Waals surface area contributed by atoms with Crippen LogP contribution >= 0.6 is 0 Å². The van der Waals surface area contributed by atoms with Crippen LogP contribution in [0.1, 0.15) is 225 Å². The topological polar surface area (TPSA) is 0 Å². The molecule has 1 heteroatoms. The molecular formula is C43H82N+. The summed E-state index contributed by atoms with van der Waals surface area (Å²) in [4.78, 5) is 0. The van der Waals surface area contributed by atoms with E-state index in [1.54, 1.807) is 5.56 Å². The average Bonchev–Trinajstić information content (AvgIpc) is 3.04. The molecule has 1 aromatic rings. The third kappa shape index (κ3) is 22.6. The van der Waals surface area contributed by atoms with Gasteiger partial charge in [0.05, 0.1) is 20.1 Å². The van der Waals surface area contributed by atoms with Gasteiger partial charge in [-0.15, -0.1) is 0 Å². The molecule has 1 aromatic carbocycles. The maximum atomic E-state index is 2.59. The number of hydrogen-bond donors (Lipinski definition) is 0. The van der Waals surface area contributed by atoms with E-state index in [-0.39, 0.29) is 0 Å². The Hall–Kier alpha value is -0.820. The minimum atomic E-state index is 0.643. The molecule has 0 spiro atoms. The fraction of sp³-hybridized carbons (Fsp3) is 0.860. The lowest BCUT2D eigenvalue weighted by atomic mass is 9.98. The van der Waals surface area contributed by atoms with E-state index >= 15 is 0 Å². The third-order valence-corrected chi connectivity index (χ3v) is 10.6. The Bertz CT molecular complexity index is 683. The predicted molar refractivity (Wildman–Crippen MR) is 201 cm³/mol. The molecule has 44 heavy (non-hydrogen) atoms. The molecule has 0 amide bonds. The molecular weight excluding hydrogens is 530 g/mol. The summed E-state index contributed by atoms with van der Waals surface area (Å²) in [5, 5.41) is 0. The highest BCUT2D eigenvalue weighted by Crippen LogP contribution is 2.32. The van der Waals surface area contributed by atoms with Gasteiger partial charge in [0.25, 0.3) is 0 Å². The lowest BCUT2D eigenvalue weighted by molar-refractivity contribution is -0.940. The van der Waals surface area contributed by atoms with Crippen LogP contribution in [-0.2, 0) is 0 Å². The van der Waals surface area contributed by atoms with Crippen LogP contribution in [0.25, 0.3) is 0 Å². The molecule has 2 atom stereocenters. The quantitative estimate of drug-likeness (QED) is 0.0536. The first-order valence-electron chi connectivity index (χ1n) is 20.6. The highest BCUT2D eigenvalue weighted by Gasteiger charge is 2.31. The zero-order valence-corrected chi connectivity index (χ0v) is 31.0. The maximum absolute atomic E-state index is 2.59. The molecule has 0 N–H and O–H groups in total. The van der Waals surface area contributed by atoms with Crippen LogP contribution in [0.2, 0.25) is 0 Å². The van der Waals surface area contributed by atoms with Gasteiger partial charge in [-0.05, 0) is 25.7 Å². The van der Waals surface area contributed by atoms with Gasteiger partial charge in [-0.2, -0.15) is 0 Å². The van der Waals surface area contributed by atoms with Crippen molar-refractivity contribution in [3.8, 4) is 0 Å². The smallest absolute Gasteiger partial charge is 0.114 e. The first-order valence-corrected chi connectivity index (χ1v) is 20.6. The number of nitrogens with zero attached hydrogens (tertiary/aromatic N) is 1. The SMILES string of the molecule is CCCCCCCCCCCCCCCCC[N+](C)(CCCCCCCCCCCCCCCC)C(CC)c1ccccc1. The van der Waals surface area contributed by atoms with Gasteiger partial charge in [0.2, 0.25) is 0 Å². The summed E-state index contributed by atoms with van der Waals surface area (Å²) >= 11 is 0. The summed E-state index contributed by atoms with van der Waals surface area (Å²) in [6.07, 6.45) is 43.2. The number of rotatable bonds is 34. The second kappa shape index (κ2) is 30.8. The van der Waals surface area contributed by atoms with Crippen LogP contribution in [0.3, 0.4) is 0 Å². The fourth-order valence-corrected chi connectivity index (χ4v) is 7.65. The molecule has 0 aliphatic rings. The van der Waals surface area contributed by atoms with Gasteiger partial charge in [0.1, 0.15) is 6.04 Å². The number of unbranched alkanes of at least 4 members (excludes halogenated alkanes) is 27. The van der Waals surface area contributed by atoms with Crippen molar-refractivity contribution in [3.05, 3.63) is 35.9 Å². The molecule has 0 radical (unpaired) electrons. The maximum Gasteiger partial charge on any atom is 0.114 e. The van der Waals surface area contributed by atoms with Crippen molar-refractivity contribution >= 4 is 0 Å². The number of quaternary nitrogens is 1. The van der Waals surface area contributed by atoms with E-state index in [1.165, 1.54) is 210 Å². The Morgan fingerprint density at radius 1 is 0.386 bits per heavy atom. The number of benzene rings is 1. The van der Waals surface area contributed by atoms with Crippen molar-refractivity contribution in [2.24, 2.45) is 0 Å². The molecule has 1 nitrogen and oxygen atoms in total. The molecule has 2 unspecified atom stereocenters. The van der Waals surface area contributed by atoms with Crippen molar-refractivity contribution in [3.63, 3.8) is 0 Å². The van der Waals surface area contributed by atoms with Crippen molar-refractivity contribution in [2.75, 3.05) is 20.1 Å². The van der Waals surface area contributed by atoms with Gasteiger partial charge in [-0.1, -0.05) is 212 Å². The lowest BCUT2D eigenvalue weighted by Gasteiger charge is -2.42. The first-order chi connectivity index (χ1) is 21.7. The number of hydrogen-bond acceptors (Lipinski definition) is 0. The van der Waals surface area contributed by atoms with E-state index in [9.17, 15) is 0 Å². The van der Waals surface area contributed by atoms with E-state index in [0.717, 1.165) is 0 Å². The van der Waals surface area contributed by atoms with Gasteiger partial charge in [-0.25, -0.2) is 0 Å². The van der Waals surface area contributed by atoms with Crippen LogP contribution in [0, 0.1) is 0 Å². The highest BCUT2D eigenvalue weighted by molar-refractivity contribution is 5.17. The van der Waals surface area contributed by atoms with Gasteiger partial charge in [-0.3, -0.25) is 0 Å². The van der Waals surface area contributed by atoms with Gasteiger partial charge in [0.15, 0.2) is 0 Å². The second-order valence-electron chi connectivity index (χ2n) is 14.8. The monoisotopic (exact) mass is 613 g/mol. The summed E-state index contributed by atoms with van der Waals surface area (Å²) in [5.74, 6) is 0. The van der Waals surface area contributed by atoms with Gasteiger partial charge >= 0.3 is 0 Å². The largest absolute Gasteiger partial charge is 0.320 e. The molecule has 0 saturated carbocycles. The molecule has 258 valence electrons. The third-order valence-electron chi connectivity index (χ3n) is 10.6. The first kappa shape index (κ1) is 41.2. The second-order valence-corrected chi connectivity index (χ2v) is 14.8. The van der Waals surface area contributed by atoms with Crippen molar-refractivity contribution in [2.45, 2.75) is 219 Å². The van der Waals surface area contributed by atoms with Crippen molar-refractivity contribution in [1.29, 1.82) is 0 Å². The highest BCUT2D eigenvalue weighted by atomic mass is 15.4. The molecule has 0 bridgehead atoms. The Morgan fingerprint density at radius 3 is 0.932 bits per heavy atom. The minimum absolute atomic E-state index is 0.643. The van der Waals surface area contributed by atoms with E-state index in [4.69, 9.17) is 0 Å². The van der Waals surface area contributed by atoms with Crippen molar-refractivity contribution < 1.29 is 4.48 Å². The molecule has 1 rings (SSSR count). The normalized spacial score (nSPS) is 13.7. The molecule has 0 heterocycles. The molecule has 0 aromatic heterocycles. The van der Waals surface area contributed by atoms with Crippen LogP contribution in [0.5, 0.6) is 0 Å². The lowest BCUT2D eigenvalue weighted by Crippen LogP contribution is -2.48. The standard InChI is InChI=1S/C43H82N/c1-5-8-10-12-14-16-18-20-22-24-26-28-30-32-37-41-44(4,43(7-3)42-38-34-33-35-39-42)40-36-31-29-27-25-23-21-19-17-15-13-11-9-6-2/h33-35,38-39,43H,5-32,36-37,40-41H2,1-4H3/q+1. The van der Waals surface area contributed by atoms with E-state index in [1.807, 2.05) is 0 Å². The molecule has 0 saturated heterocycles.